The van der Waals surface area contributed by atoms with Crippen molar-refractivity contribution in [1.82, 2.24) is 5.32 Å². The molecule has 1 saturated carbocycles. The molecule has 1 N–H and O–H groups in total. The molecule has 0 amide bonds. The average Bonchev–Trinajstić information content (AvgIpc) is 2.77. The summed E-state index contributed by atoms with van der Waals surface area (Å²) in [5, 5.41) is 5.23. The predicted octanol–water partition coefficient (Wildman–Crippen LogP) is 3.72. The molecule has 0 atom stereocenters. The fourth-order valence-electron chi connectivity index (χ4n) is 3.32. The van der Waals surface area contributed by atoms with E-state index in [4.69, 9.17) is 23.2 Å². The summed E-state index contributed by atoms with van der Waals surface area (Å²) in [6.07, 6.45) is 5.20. The van der Waals surface area contributed by atoms with Crippen LogP contribution in [0.4, 0.5) is 5.69 Å². The third-order valence-electron chi connectivity index (χ3n) is 4.19. The van der Waals surface area contributed by atoms with Crippen LogP contribution in [0.2, 0.25) is 10.0 Å². The third-order valence-corrected chi connectivity index (χ3v) is 4.80. The van der Waals surface area contributed by atoms with Crippen molar-refractivity contribution in [3.8, 4) is 0 Å². The van der Waals surface area contributed by atoms with E-state index in [1.54, 1.807) is 0 Å². The van der Waals surface area contributed by atoms with Gasteiger partial charge in [-0.3, -0.25) is 0 Å². The van der Waals surface area contributed by atoms with Crippen LogP contribution < -0.4 is 10.2 Å². The minimum atomic E-state index is 0.292. The van der Waals surface area contributed by atoms with Gasteiger partial charge in [-0.25, -0.2) is 0 Å². The number of para-hydroxylation sites is 1. The molecule has 2 fully saturated rings. The van der Waals surface area contributed by atoms with Gasteiger partial charge in [0.15, 0.2) is 0 Å². The molecule has 1 saturated heterocycles. The van der Waals surface area contributed by atoms with Gasteiger partial charge >= 0.3 is 0 Å². The first-order valence-electron chi connectivity index (χ1n) is 6.64. The van der Waals surface area contributed by atoms with Gasteiger partial charge in [0.1, 0.15) is 0 Å². The zero-order chi connectivity index (χ0) is 12.6. The van der Waals surface area contributed by atoms with E-state index >= 15 is 0 Å². The molecule has 18 heavy (non-hydrogen) atoms. The summed E-state index contributed by atoms with van der Waals surface area (Å²) in [5.41, 5.74) is 1.30. The van der Waals surface area contributed by atoms with Crippen molar-refractivity contribution in [2.75, 3.05) is 24.5 Å². The van der Waals surface area contributed by atoms with E-state index in [2.05, 4.69) is 10.2 Å². The zero-order valence-corrected chi connectivity index (χ0v) is 11.9. The maximum absolute atomic E-state index is 6.31. The molecule has 1 aliphatic carbocycles. The largest absolute Gasteiger partial charge is 0.366 e. The zero-order valence-electron chi connectivity index (χ0n) is 10.4. The van der Waals surface area contributed by atoms with E-state index in [0.29, 0.717) is 5.54 Å². The molecule has 2 aliphatic rings. The number of anilines is 1. The lowest BCUT2D eigenvalue weighted by molar-refractivity contribution is 0.304. The highest BCUT2D eigenvalue weighted by atomic mass is 35.5. The first kappa shape index (κ1) is 12.6. The van der Waals surface area contributed by atoms with Crippen molar-refractivity contribution in [1.29, 1.82) is 0 Å². The lowest BCUT2D eigenvalue weighted by Gasteiger charge is -2.43. The van der Waals surface area contributed by atoms with Gasteiger partial charge in [0.2, 0.25) is 0 Å². The smallest absolute Gasteiger partial charge is 0.0746 e. The number of nitrogens with one attached hydrogen (secondary N) is 1. The molecule has 3 rings (SSSR count). The first-order valence-corrected chi connectivity index (χ1v) is 7.40. The molecule has 98 valence electrons. The molecule has 0 bridgehead atoms. The second-order valence-corrected chi connectivity index (χ2v) is 6.22. The molecular formula is C14H18Cl2N2. The van der Waals surface area contributed by atoms with Crippen LogP contribution in [0.3, 0.4) is 0 Å². The summed E-state index contributed by atoms with van der Waals surface area (Å²) >= 11 is 12.6. The van der Waals surface area contributed by atoms with Crippen molar-refractivity contribution in [2.24, 2.45) is 0 Å². The van der Waals surface area contributed by atoms with Gasteiger partial charge in [-0.05, 0) is 25.0 Å². The molecule has 2 nitrogen and oxygen atoms in total. The Morgan fingerprint density at radius 2 is 1.78 bits per heavy atom. The maximum atomic E-state index is 6.31. The highest BCUT2D eigenvalue weighted by molar-refractivity contribution is 6.39. The van der Waals surface area contributed by atoms with Crippen LogP contribution in [0.25, 0.3) is 0 Å². The second-order valence-electron chi connectivity index (χ2n) is 5.41. The van der Waals surface area contributed by atoms with Crippen LogP contribution >= 0.6 is 23.2 Å². The van der Waals surface area contributed by atoms with E-state index in [1.165, 1.54) is 25.7 Å². The van der Waals surface area contributed by atoms with E-state index in [9.17, 15) is 0 Å². The molecule has 0 radical (unpaired) electrons. The molecule has 4 heteroatoms. The monoisotopic (exact) mass is 284 g/mol. The number of piperazine rings is 1. The third kappa shape index (κ3) is 2.22. The molecule has 1 spiro atoms. The Morgan fingerprint density at radius 1 is 1.11 bits per heavy atom. The van der Waals surface area contributed by atoms with Gasteiger partial charge in [-0.1, -0.05) is 42.1 Å². The van der Waals surface area contributed by atoms with Crippen LogP contribution in [0, 0.1) is 0 Å². The SMILES string of the molecule is Clc1cccc(Cl)c1N1CCNC2(CCCC2)C1. The number of hydrogen-bond acceptors (Lipinski definition) is 2. The molecule has 1 aromatic rings. The van der Waals surface area contributed by atoms with E-state index < -0.39 is 0 Å². The summed E-state index contributed by atoms with van der Waals surface area (Å²) in [5.74, 6) is 0. The summed E-state index contributed by atoms with van der Waals surface area (Å²) in [6, 6.07) is 5.75. The molecule has 1 aliphatic heterocycles. The lowest BCUT2D eigenvalue weighted by Crippen LogP contribution is -2.59. The topological polar surface area (TPSA) is 15.3 Å². The van der Waals surface area contributed by atoms with Crippen LogP contribution in [-0.2, 0) is 0 Å². The summed E-state index contributed by atoms with van der Waals surface area (Å²) in [7, 11) is 0. The summed E-state index contributed by atoms with van der Waals surface area (Å²) < 4.78 is 0. The quantitative estimate of drug-likeness (QED) is 0.846. The number of hydrogen-bond donors (Lipinski definition) is 1. The Kier molecular flexibility index (Phi) is 3.44. The molecular weight excluding hydrogens is 267 g/mol. The van der Waals surface area contributed by atoms with Gasteiger partial charge in [0.25, 0.3) is 0 Å². The summed E-state index contributed by atoms with van der Waals surface area (Å²) in [4.78, 5) is 2.35. The highest BCUT2D eigenvalue weighted by Gasteiger charge is 2.38. The molecule has 1 heterocycles. The first-order chi connectivity index (χ1) is 8.70. The number of benzene rings is 1. The normalized spacial score (nSPS) is 22.7. The van der Waals surface area contributed by atoms with E-state index in [0.717, 1.165) is 35.4 Å². The van der Waals surface area contributed by atoms with Gasteiger partial charge in [-0.2, -0.15) is 0 Å². The number of rotatable bonds is 1. The Bertz CT molecular complexity index is 421. The van der Waals surface area contributed by atoms with Crippen LogP contribution in [0.1, 0.15) is 25.7 Å². The molecule has 1 aromatic carbocycles. The maximum Gasteiger partial charge on any atom is 0.0746 e. The Hall–Kier alpha value is -0.440. The minimum absolute atomic E-state index is 0.292. The average molecular weight is 285 g/mol. The fourth-order valence-corrected chi connectivity index (χ4v) is 3.96. The highest BCUT2D eigenvalue weighted by Crippen LogP contribution is 2.38. The van der Waals surface area contributed by atoms with E-state index in [1.807, 2.05) is 18.2 Å². The lowest BCUT2D eigenvalue weighted by atomic mass is 9.94. The van der Waals surface area contributed by atoms with Crippen LogP contribution in [-0.4, -0.2) is 25.2 Å². The van der Waals surface area contributed by atoms with Crippen LogP contribution in [0.15, 0.2) is 18.2 Å². The van der Waals surface area contributed by atoms with Gasteiger partial charge in [0.05, 0.1) is 15.7 Å². The second kappa shape index (κ2) is 4.92. The summed E-state index contributed by atoms with van der Waals surface area (Å²) in [6.45, 7) is 3.02. The predicted molar refractivity (Wildman–Crippen MR) is 77.9 cm³/mol. The standard InChI is InChI=1S/C14H18Cl2N2/c15-11-4-3-5-12(16)13(11)18-9-8-17-14(10-18)6-1-2-7-14/h3-5,17H,1-2,6-10H2. The van der Waals surface area contributed by atoms with Crippen molar-refractivity contribution in [3.63, 3.8) is 0 Å². The minimum Gasteiger partial charge on any atom is -0.366 e. The van der Waals surface area contributed by atoms with E-state index in [-0.39, 0.29) is 0 Å². The Balaban J connectivity index is 1.88. The van der Waals surface area contributed by atoms with Crippen molar-refractivity contribution in [2.45, 2.75) is 31.2 Å². The van der Waals surface area contributed by atoms with Gasteiger partial charge < -0.3 is 10.2 Å². The van der Waals surface area contributed by atoms with Crippen molar-refractivity contribution in [3.05, 3.63) is 28.2 Å². The van der Waals surface area contributed by atoms with Gasteiger partial charge in [-0.15, -0.1) is 0 Å². The molecule has 0 aromatic heterocycles. The number of halogens is 2. The number of nitrogens with zero attached hydrogens (tertiary/aromatic N) is 1. The van der Waals surface area contributed by atoms with Crippen molar-refractivity contribution < 1.29 is 0 Å². The van der Waals surface area contributed by atoms with Crippen LogP contribution in [0.5, 0.6) is 0 Å². The van der Waals surface area contributed by atoms with Crippen molar-refractivity contribution >= 4 is 28.9 Å². The Morgan fingerprint density at radius 3 is 2.44 bits per heavy atom. The fraction of sp³-hybridized carbons (Fsp3) is 0.571. The van der Waals surface area contributed by atoms with Gasteiger partial charge in [0, 0.05) is 25.2 Å². The molecule has 0 unspecified atom stereocenters. The Labute approximate surface area is 118 Å².